The lowest BCUT2D eigenvalue weighted by Crippen LogP contribution is -2.16. The molecule has 35 heavy (non-hydrogen) atoms. The minimum atomic E-state index is -3.89. The van der Waals surface area contributed by atoms with Crippen LogP contribution in [0.4, 0.5) is 11.6 Å². The lowest BCUT2D eigenvalue weighted by Gasteiger charge is -2.08. The predicted octanol–water partition coefficient (Wildman–Crippen LogP) is 3.82. The summed E-state index contributed by atoms with van der Waals surface area (Å²) in [5.74, 6) is 0.809. The van der Waals surface area contributed by atoms with Crippen LogP contribution in [0.3, 0.4) is 0 Å². The first-order chi connectivity index (χ1) is 16.8. The van der Waals surface area contributed by atoms with Crippen LogP contribution in [0.1, 0.15) is 28.7 Å². The van der Waals surface area contributed by atoms with E-state index in [1.54, 1.807) is 19.1 Å². The molecule has 0 bridgehead atoms. The van der Waals surface area contributed by atoms with Gasteiger partial charge in [-0.05, 0) is 67.9 Å². The lowest BCUT2D eigenvalue weighted by atomic mass is 10.1. The summed E-state index contributed by atoms with van der Waals surface area (Å²) in [6, 6.07) is 14.6. The number of ether oxygens (including phenoxy) is 1. The fourth-order valence-corrected chi connectivity index (χ4v) is 4.63. The molecular weight excluding hydrogens is 470 g/mol. The number of benzene rings is 2. The van der Waals surface area contributed by atoms with Crippen molar-refractivity contribution in [2.24, 2.45) is 0 Å². The van der Waals surface area contributed by atoms with Crippen LogP contribution < -0.4 is 14.8 Å². The largest absolute Gasteiger partial charge is 0.490 e. The minimum absolute atomic E-state index is 0.000708. The molecule has 2 aromatic heterocycles. The normalized spacial score (nSPS) is 14.7. The van der Waals surface area contributed by atoms with E-state index in [2.05, 4.69) is 25.2 Å². The van der Waals surface area contributed by atoms with E-state index in [9.17, 15) is 13.2 Å². The molecule has 178 valence electrons. The molecule has 5 rings (SSSR count). The maximum atomic E-state index is 12.6. The third kappa shape index (κ3) is 4.85. The average Bonchev–Trinajstić information content (AvgIpc) is 3.45. The van der Waals surface area contributed by atoms with Crippen LogP contribution >= 0.6 is 0 Å². The van der Waals surface area contributed by atoms with Gasteiger partial charge in [0, 0.05) is 35.6 Å². The first kappa shape index (κ1) is 22.5. The van der Waals surface area contributed by atoms with Gasteiger partial charge in [-0.1, -0.05) is 5.16 Å². The average molecular weight is 492 g/mol. The third-order valence-electron chi connectivity index (χ3n) is 5.37. The number of hydrogen-bond donors (Lipinski definition) is 2. The Morgan fingerprint density at radius 1 is 1.09 bits per heavy atom. The number of carbonyl (C=O) groups excluding carboxylic acids is 1. The van der Waals surface area contributed by atoms with Crippen molar-refractivity contribution in [3.8, 4) is 17.1 Å². The van der Waals surface area contributed by atoms with Gasteiger partial charge >= 0.3 is 0 Å². The molecule has 11 heteroatoms. The van der Waals surface area contributed by atoms with Crippen molar-refractivity contribution in [2.45, 2.75) is 31.3 Å². The molecule has 0 saturated carbocycles. The Balaban J connectivity index is 1.26. The number of nitrogens with one attached hydrogen (secondary N) is 2. The number of fused-ring (bicyclic) bond motifs is 1. The number of aryl methyl sites for hydroxylation is 1. The number of amides is 1. The lowest BCUT2D eigenvalue weighted by molar-refractivity contribution is 0.101. The molecule has 4 aromatic rings. The Kier molecular flexibility index (Phi) is 5.69. The molecule has 0 fully saturated rings. The highest BCUT2D eigenvalue weighted by Gasteiger charge is 2.21. The first-order valence-corrected chi connectivity index (χ1v) is 12.3. The van der Waals surface area contributed by atoms with E-state index in [1.165, 1.54) is 30.5 Å². The molecule has 0 saturated heterocycles. The van der Waals surface area contributed by atoms with Crippen molar-refractivity contribution in [1.82, 2.24) is 15.1 Å². The quantitative estimate of drug-likeness (QED) is 0.415. The van der Waals surface area contributed by atoms with Gasteiger partial charge < -0.3 is 14.6 Å². The highest BCUT2D eigenvalue weighted by atomic mass is 32.2. The summed E-state index contributed by atoms with van der Waals surface area (Å²) >= 11 is 0. The van der Waals surface area contributed by atoms with E-state index in [4.69, 9.17) is 9.26 Å². The van der Waals surface area contributed by atoms with Crippen LogP contribution in [0.2, 0.25) is 0 Å². The summed E-state index contributed by atoms with van der Waals surface area (Å²) in [6.45, 7) is 3.74. The van der Waals surface area contributed by atoms with Crippen molar-refractivity contribution >= 4 is 27.6 Å². The van der Waals surface area contributed by atoms with Crippen molar-refractivity contribution in [3.05, 3.63) is 77.7 Å². The molecule has 1 aliphatic rings. The summed E-state index contributed by atoms with van der Waals surface area (Å²) in [4.78, 5) is 20.6. The van der Waals surface area contributed by atoms with E-state index >= 15 is 0 Å². The van der Waals surface area contributed by atoms with Gasteiger partial charge in [0.05, 0.1) is 4.90 Å². The van der Waals surface area contributed by atoms with Gasteiger partial charge in [-0.3, -0.25) is 4.79 Å². The molecule has 0 spiro atoms. The second kappa shape index (κ2) is 8.84. The van der Waals surface area contributed by atoms with Crippen LogP contribution in [0.5, 0.6) is 5.75 Å². The number of sulfonamides is 1. The van der Waals surface area contributed by atoms with Crippen LogP contribution in [0.25, 0.3) is 11.3 Å². The summed E-state index contributed by atoms with van der Waals surface area (Å²) in [5, 5.41) is 6.55. The number of nitrogens with zero attached hydrogens (tertiary/aromatic N) is 3. The van der Waals surface area contributed by atoms with Gasteiger partial charge in [0.15, 0.2) is 11.5 Å². The fourth-order valence-electron chi connectivity index (χ4n) is 3.68. The number of carbonyl (C=O) groups is 1. The Labute approximate surface area is 201 Å². The molecule has 0 aliphatic carbocycles. The zero-order valence-electron chi connectivity index (χ0n) is 18.8. The monoisotopic (exact) mass is 491 g/mol. The maximum Gasteiger partial charge on any atom is 0.277 e. The molecule has 1 aliphatic heterocycles. The molecule has 10 nitrogen and oxygen atoms in total. The van der Waals surface area contributed by atoms with Crippen molar-refractivity contribution in [1.29, 1.82) is 0 Å². The maximum absolute atomic E-state index is 12.6. The number of hydrogen-bond acceptors (Lipinski definition) is 8. The van der Waals surface area contributed by atoms with E-state index < -0.39 is 15.9 Å². The van der Waals surface area contributed by atoms with Crippen LogP contribution in [-0.4, -0.2) is 35.6 Å². The van der Waals surface area contributed by atoms with E-state index in [0.29, 0.717) is 17.1 Å². The van der Waals surface area contributed by atoms with Gasteiger partial charge in [0.25, 0.3) is 15.9 Å². The standard InChI is InChI=1S/C24H21N5O5S/c1-14-9-10-25-24(26-14)29-35(31,32)19-6-4-18(5-7-19)27-23(30)20-13-22(34-28-20)16-3-8-21-17(12-16)11-15(2)33-21/h3-10,12-13,15H,11H2,1-2H3,(H,27,30)(H,25,26,29)/t15-/m0/s1. The SMILES string of the molecule is Cc1ccnc(NS(=O)(=O)c2ccc(NC(=O)c3cc(-c4ccc5c(c4)C[C@H](C)O5)on3)cc2)n1. The molecule has 1 atom stereocenters. The number of anilines is 2. The van der Waals surface area contributed by atoms with Crippen molar-refractivity contribution in [2.75, 3.05) is 10.0 Å². The second-order valence-electron chi connectivity index (χ2n) is 8.14. The first-order valence-electron chi connectivity index (χ1n) is 10.8. The minimum Gasteiger partial charge on any atom is -0.490 e. The smallest absolute Gasteiger partial charge is 0.277 e. The van der Waals surface area contributed by atoms with Crippen LogP contribution in [0, 0.1) is 6.92 Å². The van der Waals surface area contributed by atoms with Gasteiger partial charge in [-0.2, -0.15) is 0 Å². The third-order valence-corrected chi connectivity index (χ3v) is 6.71. The molecule has 0 unspecified atom stereocenters. The fraction of sp³-hybridized carbons (Fsp3) is 0.167. The Morgan fingerprint density at radius 3 is 2.66 bits per heavy atom. The predicted molar refractivity (Wildman–Crippen MR) is 128 cm³/mol. The number of aromatic nitrogens is 3. The summed E-state index contributed by atoms with van der Waals surface area (Å²) < 4.78 is 38.6. The van der Waals surface area contributed by atoms with Gasteiger partial charge in [-0.15, -0.1) is 0 Å². The summed E-state index contributed by atoms with van der Waals surface area (Å²) in [5.41, 5.74) is 3.00. The zero-order valence-corrected chi connectivity index (χ0v) is 19.7. The second-order valence-corrected chi connectivity index (χ2v) is 9.82. The topological polar surface area (TPSA) is 136 Å². The van der Waals surface area contributed by atoms with E-state index in [0.717, 1.165) is 23.3 Å². The van der Waals surface area contributed by atoms with Crippen LogP contribution in [0.15, 0.2) is 70.2 Å². The van der Waals surface area contributed by atoms with Gasteiger partial charge in [0.2, 0.25) is 5.95 Å². The molecular formula is C24H21N5O5S. The van der Waals surface area contributed by atoms with Gasteiger partial charge in [0.1, 0.15) is 11.9 Å². The molecule has 1 amide bonds. The zero-order chi connectivity index (χ0) is 24.6. The number of rotatable bonds is 6. The van der Waals surface area contributed by atoms with Gasteiger partial charge in [-0.25, -0.2) is 23.1 Å². The Morgan fingerprint density at radius 2 is 1.89 bits per heavy atom. The Hall–Kier alpha value is -4.25. The van der Waals surface area contributed by atoms with Crippen molar-refractivity contribution < 1.29 is 22.5 Å². The highest BCUT2D eigenvalue weighted by molar-refractivity contribution is 7.92. The van der Waals surface area contributed by atoms with E-state index in [-0.39, 0.29) is 22.6 Å². The highest BCUT2D eigenvalue weighted by Crippen LogP contribution is 2.33. The Bertz CT molecular complexity index is 1520. The van der Waals surface area contributed by atoms with Crippen molar-refractivity contribution in [3.63, 3.8) is 0 Å². The summed E-state index contributed by atoms with van der Waals surface area (Å²) in [7, 11) is -3.89. The summed E-state index contributed by atoms with van der Waals surface area (Å²) in [6.07, 6.45) is 2.40. The molecule has 2 N–H and O–H groups in total. The van der Waals surface area contributed by atoms with E-state index in [1.807, 2.05) is 25.1 Å². The van der Waals surface area contributed by atoms with Crippen LogP contribution in [-0.2, 0) is 16.4 Å². The molecule has 2 aromatic carbocycles. The molecule has 3 heterocycles. The molecule has 0 radical (unpaired) electrons.